The van der Waals surface area contributed by atoms with Gasteiger partial charge in [0.05, 0.1) is 37.9 Å². The highest BCUT2D eigenvalue weighted by atomic mass is 19.3. The largest absolute Gasteiger partial charge is 0.465 e. The Bertz CT molecular complexity index is 989. The van der Waals surface area contributed by atoms with Crippen molar-refractivity contribution in [2.75, 3.05) is 26.4 Å². The first-order chi connectivity index (χ1) is 19.9. The van der Waals surface area contributed by atoms with Gasteiger partial charge in [-0.05, 0) is 69.8 Å². The molecule has 1 fully saturated rings. The van der Waals surface area contributed by atoms with Crippen molar-refractivity contribution in [1.29, 1.82) is 0 Å². The number of benzene rings is 1. The Balaban J connectivity index is 1.94. The van der Waals surface area contributed by atoms with E-state index in [1.54, 1.807) is 0 Å². The molecule has 0 aliphatic heterocycles. The van der Waals surface area contributed by atoms with Gasteiger partial charge in [-0.1, -0.05) is 50.6 Å². The molecule has 0 saturated heterocycles. The van der Waals surface area contributed by atoms with E-state index in [9.17, 15) is 9.59 Å². The molecule has 1 saturated carbocycles. The molecule has 0 radical (unpaired) electrons. The summed E-state index contributed by atoms with van der Waals surface area (Å²) in [6.45, 7) is 5.83. The molecule has 0 bridgehead atoms. The number of ether oxygens (including phenoxy) is 2. The number of esters is 2. The molecule has 42 heavy (non-hydrogen) atoms. The fourth-order valence-electron chi connectivity index (χ4n) is 5.19. The zero-order valence-corrected chi connectivity index (χ0v) is 24.8. The number of rotatable bonds is 18. The van der Waals surface area contributed by atoms with Gasteiger partial charge < -0.3 is 19.7 Å². The Kier molecular flexibility index (Phi) is 14.5. The average Bonchev–Trinajstić information content (AvgIpc) is 2.99. The van der Waals surface area contributed by atoms with Crippen LogP contribution in [0.1, 0.15) is 82.8 Å². The normalized spacial score (nSPS) is 19.1. The number of halogens is 4. The summed E-state index contributed by atoms with van der Waals surface area (Å²) in [5.41, 5.74) is 0.0645. The Morgan fingerprint density at radius 3 is 2.19 bits per heavy atom. The molecule has 1 aliphatic carbocycles. The summed E-state index contributed by atoms with van der Waals surface area (Å²) in [6, 6.07) is 5.28. The Labute approximate surface area is 246 Å². The lowest BCUT2D eigenvalue weighted by Gasteiger charge is -2.38. The molecule has 2 rings (SSSR count). The maximum Gasteiger partial charge on any atom is 0.335 e. The number of aliphatic hydroxyl groups excluding tert-OH is 2. The minimum Gasteiger partial charge on any atom is -0.465 e. The van der Waals surface area contributed by atoms with Crippen molar-refractivity contribution in [3.05, 3.63) is 47.5 Å². The number of alkyl halides is 4. The summed E-state index contributed by atoms with van der Waals surface area (Å²) in [6.07, 6.45) is 5.30. The number of aliphatic hydroxyl groups is 2. The van der Waals surface area contributed by atoms with Crippen LogP contribution in [-0.4, -0.2) is 54.5 Å². The third-order valence-electron chi connectivity index (χ3n) is 8.21. The van der Waals surface area contributed by atoms with Gasteiger partial charge in [-0.2, -0.15) is 17.6 Å². The summed E-state index contributed by atoms with van der Waals surface area (Å²) in [5, 5.41) is 18.2. The molecule has 2 atom stereocenters. The molecule has 0 aromatic heterocycles. The van der Waals surface area contributed by atoms with Crippen LogP contribution in [0.5, 0.6) is 0 Å². The molecule has 1 aromatic carbocycles. The maximum atomic E-state index is 15.2. The predicted molar refractivity (Wildman–Crippen MR) is 151 cm³/mol. The molecule has 10 heteroatoms. The molecule has 238 valence electrons. The molecule has 1 aromatic rings. The SMILES string of the molecule is C=C(CO)C(=O)OCC(CCC1CCC(C(F)(F)C(F)(F)c2ccc(CCCCC)cc2)CC1)COC(=O)C(C)CO. The minimum absolute atomic E-state index is 0.00533. The lowest BCUT2D eigenvalue weighted by molar-refractivity contribution is -0.249. The van der Waals surface area contributed by atoms with Crippen LogP contribution < -0.4 is 0 Å². The third kappa shape index (κ3) is 10.1. The van der Waals surface area contributed by atoms with Gasteiger partial charge in [-0.15, -0.1) is 0 Å². The van der Waals surface area contributed by atoms with E-state index in [2.05, 4.69) is 13.5 Å². The zero-order chi connectivity index (χ0) is 31.3. The van der Waals surface area contributed by atoms with Gasteiger partial charge in [0.1, 0.15) is 0 Å². The summed E-state index contributed by atoms with van der Waals surface area (Å²) in [7, 11) is 0. The van der Waals surface area contributed by atoms with E-state index in [-0.39, 0.29) is 44.2 Å². The van der Waals surface area contributed by atoms with Crippen molar-refractivity contribution in [2.24, 2.45) is 23.7 Å². The van der Waals surface area contributed by atoms with Crippen LogP contribution in [0.3, 0.4) is 0 Å². The first kappa shape index (κ1) is 35.7. The maximum absolute atomic E-state index is 15.2. The predicted octanol–water partition coefficient (Wildman–Crippen LogP) is 6.61. The number of carbonyl (C=O) groups excluding carboxylic acids is 2. The minimum atomic E-state index is -4.28. The fraction of sp³-hybridized carbons (Fsp3) is 0.688. The number of hydrogen-bond donors (Lipinski definition) is 2. The van der Waals surface area contributed by atoms with Crippen molar-refractivity contribution in [3.63, 3.8) is 0 Å². The van der Waals surface area contributed by atoms with Gasteiger partial charge in [0.2, 0.25) is 0 Å². The lowest BCUT2D eigenvalue weighted by atomic mass is 9.74. The molecule has 0 heterocycles. The van der Waals surface area contributed by atoms with Crippen LogP contribution in [-0.2, 0) is 31.4 Å². The van der Waals surface area contributed by atoms with Crippen molar-refractivity contribution in [2.45, 2.75) is 89.9 Å². The van der Waals surface area contributed by atoms with E-state index in [4.69, 9.17) is 19.7 Å². The van der Waals surface area contributed by atoms with Crippen LogP contribution in [0.15, 0.2) is 36.4 Å². The number of aryl methyl sites for hydroxylation is 1. The van der Waals surface area contributed by atoms with E-state index in [0.29, 0.717) is 25.7 Å². The smallest absolute Gasteiger partial charge is 0.335 e. The monoisotopic (exact) mass is 602 g/mol. The van der Waals surface area contributed by atoms with E-state index in [1.165, 1.54) is 19.1 Å². The first-order valence-corrected chi connectivity index (χ1v) is 15.0. The summed E-state index contributed by atoms with van der Waals surface area (Å²) in [4.78, 5) is 23.9. The highest BCUT2D eigenvalue weighted by molar-refractivity contribution is 5.87. The van der Waals surface area contributed by atoms with Gasteiger partial charge in [0, 0.05) is 17.4 Å². The summed E-state index contributed by atoms with van der Waals surface area (Å²) < 4.78 is 71.0. The molecule has 0 spiro atoms. The Morgan fingerprint density at radius 1 is 1.00 bits per heavy atom. The third-order valence-corrected chi connectivity index (χ3v) is 8.21. The van der Waals surface area contributed by atoms with Crippen LogP contribution >= 0.6 is 0 Å². The second-order valence-electron chi connectivity index (χ2n) is 11.6. The summed E-state index contributed by atoms with van der Waals surface area (Å²) >= 11 is 0. The molecular weight excluding hydrogens is 556 g/mol. The topological polar surface area (TPSA) is 93.1 Å². The Morgan fingerprint density at radius 2 is 1.62 bits per heavy atom. The first-order valence-electron chi connectivity index (χ1n) is 15.0. The van der Waals surface area contributed by atoms with Gasteiger partial charge in [0.15, 0.2) is 0 Å². The number of carbonyl (C=O) groups is 2. The molecule has 6 nitrogen and oxygen atoms in total. The standard InChI is InChI=1S/C32H46F4O6/c1-4-5-6-7-24-10-14-27(15-11-24)31(33,34)32(35,36)28-16-12-25(13-17-28)8-9-26(20-41-29(39)22(2)18-37)21-42-30(40)23(3)19-38/h10-11,14-15,23,25-26,28,37-38H,2,4-9,12-13,16-21H2,1,3H3. The van der Waals surface area contributed by atoms with Crippen LogP contribution in [0, 0.1) is 23.7 Å². The van der Waals surface area contributed by atoms with E-state index >= 15 is 17.6 Å². The Hall–Kier alpha value is -2.46. The van der Waals surface area contributed by atoms with E-state index in [1.807, 2.05) is 0 Å². The molecule has 2 N–H and O–H groups in total. The van der Waals surface area contributed by atoms with Crippen LogP contribution in [0.2, 0.25) is 0 Å². The van der Waals surface area contributed by atoms with E-state index in [0.717, 1.165) is 43.4 Å². The second kappa shape index (κ2) is 17.0. The lowest BCUT2D eigenvalue weighted by Crippen LogP contribution is -2.45. The highest BCUT2D eigenvalue weighted by Gasteiger charge is 2.61. The van der Waals surface area contributed by atoms with Gasteiger partial charge in [-0.3, -0.25) is 4.79 Å². The van der Waals surface area contributed by atoms with Gasteiger partial charge >= 0.3 is 23.8 Å². The molecular formula is C32H46F4O6. The second-order valence-corrected chi connectivity index (χ2v) is 11.6. The fourth-order valence-corrected chi connectivity index (χ4v) is 5.19. The van der Waals surface area contributed by atoms with Gasteiger partial charge in [0.25, 0.3) is 0 Å². The molecule has 2 unspecified atom stereocenters. The van der Waals surface area contributed by atoms with Crippen LogP contribution in [0.4, 0.5) is 17.6 Å². The summed E-state index contributed by atoms with van der Waals surface area (Å²) in [5.74, 6) is -12.4. The van der Waals surface area contributed by atoms with Crippen molar-refractivity contribution < 1.29 is 46.8 Å². The molecule has 0 amide bonds. The van der Waals surface area contributed by atoms with Crippen molar-refractivity contribution in [1.82, 2.24) is 0 Å². The number of hydrogen-bond acceptors (Lipinski definition) is 6. The number of unbranched alkanes of at least 4 members (excludes halogenated alkanes) is 2. The molecule has 1 aliphatic rings. The zero-order valence-electron chi connectivity index (χ0n) is 24.8. The van der Waals surface area contributed by atoms with E-state index < -0.39 is 53.7 Å². The van der Waals surface area contributed by atoms with Crippen molar-refractivity contribution >= 4 is 11.9 Å². The van der Waals surface area contributed by atoms with Gasteiger partial charge in [-0.25, -0.2) is 4.79 Å². The quantitative estimate of drug-likeness (QED) is 0.0850. The van der Waals surface area contributed by atoms with Crippen molar-refractivity contribution in [3.8, 4) is 0 Å². The van der Waals surface area contributed by atoms with Crippen LogP contribution in [0.25, 0.3) is 0 Å². The highest BCUT2D eigenvalue weighted by Crippen LogP contribution is 2.52. The average molecular weight is 603 g/mol.